The van der Waals surface area contributed by atoms with Crippen molar-refractivity contribution in [3.63, 3.8) is 0 Å². The van der Waals surface area contributed by atoms with Crippen LogP contribution in [0.2, 0.25) is 0 Å². The Morgan fingerprint density at radius 1 is 1.04 bits per heavy atom. The number of rotatable bonds is 4. The second-order valence-corrected chi connectivity index (χ2v) is 5.08. The molecule has 4 heteroatoms. The van der Waals surface area contributed by atoms with E-state index in [-0.39, 0.29) is 0 Å². The van der Waals surface area contributed by atoms with Crippen molar-refractivity contribution < 1.29 is 4.74 Å². The van der Waals surface area contributed by atoms with Gasteiger partial charge in [-0.05, 0) is 30.5 Å². The van der Waals surface area contributed by atoms with Crippen molar-refractivity contribution in [2.24, 2.45) is 10.7 Å². The van der Waals surface area contributed by atoms with E-state index in [4.69, 9.17) is 10.5 Å². The van der Waals surface area contributed by atoms with Gasteiger partial charge in [-0.2, -0.15) is 0 Å². The van der Waals surface area contributed by atoms with E-state index in [9.17, 15) is 0 Å². The number of hydrogen-bond acceptors (Lipinski definition) is 2. The second-order valence-electron chi connectivity index (χ2n) is 5.08. The van der Waals surface area contributed by atoms with Gasteiger partial charge in [-0.15, -0.1) is 0 Å². The topological polar surface area (TPSA) is 59.6 Å². The van der Waals surface area contributed by atoms with Crippen LogP contribution in [-0.2, 0) is 0 Å². The third-order valence-corrected chi connectivity index (χ3v) is 3.42. The van der Waals surface area contributed by atoms with Crippen LogP contribution < -0.4 is 15.8 Å². The van der Waals surface area contributed by atoms with Crippen molar-refractivity contribution in [2.75, 3.05) is 11.9 Å². The number of anilines is 1. The normalized spacial score (nSPS) is 11.4. The minimum absolute atomic E-state index is 0.343. The third kappa shape index (κ3) is 3.61. The highest BCUT2D eigenvalue weighted by Gasteiger charge is 2.01. The van der Waals surface area contributed by atoms with Crippen LogP contribution in [0, 0.1) is 0 Å². The molecule has 0 aliphatic rings. The minimum atomic E-state index is 0.343. The summed E-state index contributed by atoms with van der Waals surface area (Å²) in [5.74, 6) is 1.14. The molecule has 4 nitrogen and oxygen atoms in total. The number of benzene rings is 3. The largest absolute Gasteiger partial charge is 0.494 e. The minimum Gasteiger partial charge on any atom is -0.494 e. The summed E-state index contributed by atoms with van der Waals surface area (Å²) < 4.78 is 5.48. The SMILES string of the molecule is CCOc1cccc(NC(N)=Nc2cccc3ccccc23)c1. The summed E-state index contributed by atoms with van der Waals surface area (Å²) >= 11 is 0. The van der Waals surface area contributed by atoms with Gasteiger partial charge >= 0.3 is 0 Å². The van der Waals surface area contributed by atoms with Gasteiger partial charge in [0, 0.05) is 17.1 Å². The van der Waals surface area contributed by atoms with Crippen molar-refractivity contribution in [1.29, 1.82) is 0 Å². The van der Waals surface area contributed by atoms with Gasteiger partial charge in [0.25, 0.3) is 0 Å². The van der Waals surface area contributed by atoms with Crippen LogP contribution in [0.1, 0.15) is 6.92 Å². The molecule has 0 spiro atoms. The Hall–Kier alpha value is -3.01. The second kappa shape index (κ2) is 6.83. The molecule has 3 aromatic carbocycles. The number of nitrogens with zero attached hydrogens (tertiary/aromatic N) is 1. The Kier molecular flexibility index (Phi) is 4.43. The molecule has 0 amide bonds. The fourth-order valence-corrected chi connectivity index (χ4v) is 2.44. The zero-order valence-electron chi connectivity index (χ0n) is 13.0. The van der Waals surface area contributed by atoms with E-state index < -0.39 is 0 Å². The molecule has 0 bridgehead atoms. The lowest BCUT2D eigenvalue weighted by Crippen LogP contribution is -2.21. The highest BCUT2D eigenvalue weighted by Crippen LogP contribution is 2.25. The average molecular weight is 305 g/mol. The van der Waals surface area contributed by atoms with E-state index in [0.717, 1.165) is 27.9 Å². The molecule has 3 aromatic rings. The summed E-state index contributed by atoms with van der Waals surface area (Å²) in [6.07, 6.45) is 0. The summed E-state index contributed by atoms with van der Waals surface area (Å²) in [5.41, 5.74) is 7.74. The van der Waals surface area contributed by atoms with Crippen LogP contribution in [0.15, 0.2) is 71.7 Å². The fraction of sp³-hybridized carbons (Fsp3) is 0.105. The van der Waals surface area contributed by atoms with Gasteiger partial charge in [-0.3, -0.25) is 0 Å². The first-order chi connectivity index (χ1) is 11.3. The molecule has 0 aliphatic heterocycles. The Bertz CT molecular complexity index is 837. The third-order valence-electron chi connectivity index (χ3n) is 3.42. The van der Waals surface area contributed by atoms with Crippen molar-refractivity contribution in [1.82, 2.24) is 0 Å². The molecule has 0 radical (unpaired) electrons. The highest BCUT2D eigenvalue weighted by atomic mass is 16.5. The Balaban J connectivity index is 1.86. The van der Waals surface area contributed by atoms with Gasteiger partial charge in [0.15, 0.2) is 5.96 Å². The predicted molar refractivity (Wildman–Crippen MR) is 96.5 cm³/mol. The quantitative estimate of drug-likeness (QED) is 0.558. The van der Waals surface area contributed by atoms with E-state index in [0.29, 0.717) is 12.6 Å². The molecule has 3 N–H and O–H groups in total. The highest BCUT2D eigenvalue weighted by molar-refractivity contribution is 5.99. The smallest absolute Gasteiger partial charge is 0.198 e. The summed E-state index contributed by atoms with van der Waals surface area (Å²) in [4.78, 5) is 4.50. The first-order valence-corrected chi connectivity index (χ1v) is 7.58. The summed E-state index contributed by atoms with van der Waals surface area (Å²) in [6, 6.07) is 21.7. The first-order valence-electron chi connectivity index (χ1n) is 7.58. The van der Waals surface area contributed by atoms with Crippen molar-refractivity contribution in [2.45, 2.75) is 6.92 Å². The standard InChI is InChI=1S/C19H19N3O/c1-2-23-16-10-6-9-15(13-16)21-19(20)22-18-12-5-8-14-7-3-4-11-17(14)18/h3-13H,2H2,1H3,(H3,20,21,22). The van der Waals surface area contributed by atoms with Crippen LogP contribution in [0.5, 0.6) is 5.75 Å². The molecular weight excluding hydrogens is 286 g/mol. The monoisotopic (exact) mass is 305 g/mol. The maximum absolute atomic E-state index is 6.05. The predicted octanol–water partition coefficient (Wildman–Crippen LogP) is 4.30. The number of hydrogen-bond donors (Lipinski definition) is 2. The van der Waals surface area contributed by atoms with E-state index in [1.54, 1.807) is 0 Å². The van der Waals surface area contributed by atoms with Gasteiger partial charge < -0.3 is 15.8 Å². The van der Waals surface area contributed by atoms with Gasteiger partial charge in [0.1, 0.15) is 5.75 Å². The lowest BCUT2D eigenvalue weighted by Gasteiger charge is -2.09. The summed E-state index contributed by atoms with van der Waals surface area (Å²) in [7, 11) is 0. The van der Waals surface area contributed by atoms with Crippen LogP contribution in [0.25, 0.3) is 10.8 Å². The fourth-order valence-electron chi connectivity index (χ4n) is 2.44. The summed E-state index contributed by atoms with van der Waals surface area (Å²) in [6.45, 7) is 2.58. The number of fused-ring (bicyclic) bond motifs is 1. The van der Waals surface area contributed by atoms with Crippen LogP contribution in [-0.4, -0.2) is 12.6 Å². The lowest BCUT2D eigenvalue weighted by molar-refractivity contribution is 0.340. The zero-order chi connectivity index (χ0) is 16.1. The van der Waals surface area contributed by atoms with E-state index in [2.05, 4.69) is 22.4 Å². The Labute approximate surface area is 135 Å². The molecule has 0 saturated carbocycles. The zero-order valence-corrected chi connectivity index (χ0v) is 13.0. The molecule has 0 atom stereocenters. The Morgan fingerprint density at radius 2 is 1.83 bits per heavy atom. The molecule has 0 saturated heterocycles. The Morgan fingerprint density at radius 3 is 2.70 bits per heavy atom. The van der Waals surface area contributed by atoms with E-state index in [1.807, 2.05) is 61.5 Å². The summed E-state index contributed by atoms with van der Waals surface area (Å²) in [5, 5.41) is 5.31. The van der Waals surface area contributed by atoms with E-state index >= 15 is 0 Å². The average Bonchev–Trinajstić information content (AvgIpc) is 2.56. The number of guanidine groups is 1. The molecule has 3 rings (SSSR count). The van der Waals surface area contributed by atoms with Crippen molar-refractivity contribution >= 4 is 28.1 Å². The van der Waals surface area contributed by atoms with Crippen LogP contribution >= 0.6 is 0 Å². The van der Waals surface area contributed by atoms with Crippen molar-refractivity contribution in [3.05, 3.63) is 66.7 Å². The molecular formula is C19H19N3O. The maximum atomic E-state index is 6.05. The maximum Gasteiger partial charge on any atom is 0.198 e. The number of nitrogens with one attached hydrogen (secondary N) is 1. The number of aliphatic imine (C=N–C) groups is 1. The van der Waals surface area contributed by atoms with Gasteiger partial charge in [0.2, 0.25) is 0 Å². The molecule has 0 heterocycles. The van der Waals surface area contributed by atoms with Crippen molar-refractivity contribution in [3.8, 4) is 5.75 Å². The van der Waals surface area contributed by atoms with E-state index in [1.165, 1.54) is 0 Å². The number of nitrogens with two attached hydrogens (primary N) is 1. The van der Waals surface area contributed by atoms with Gasteiger partial charge in [0.05, 0.1) is 12.3 Å². The first kappa shape index (κ1) is 14.9. The lowest BCUT2D eigenvalue weighted by atomic mass is 10.1. The molecule has 0 aliphatic carbocycles. The van der Waals surface area contributed by atoms with Gasteiger partial charge in [-0.25, -0.2) is 4.99 Å². The van der Waals surface area contributed by atoms with Gasteiger partial charge in [-0.1, -0.05) is 42.5 Å². The molecule has 116 valence electrons. The molecule has 0 fully saturated rings. The molecule has 0 aromatic heterocycles. The van der Waals surface area contributed by atoms with Crippen LogP contribution in [0.4, 0.5) is 11.4 Å². The van der Waals surface area contributed by atoms with Crippen LogP contribution in [0.3, 0.4) is 0 Å². The molecule has 23 heavy (non-hydrogen) atoms. The molecule has 0 unspecified atom stereocenters. The number of ether oxygens (including phenoxy) is 1.